The number of hydrogen-bond acceptors (Lipinski definition) is 2. The van der Waals surface area contributed by atoms with Crippen LogP contribution in [0.1, 0.15) is 58.3 Å². The maximum atomic E-state index is 12.8. The average Bonchev–Trinajstić information content (AvgIpc) is 2.66. The predicted octanol–water partition coefficient (Wildman–Crippen LogP) is 6.45. The summed E-state index contributed by atoms with van der Waals surface area (Å²) in [6, 6.07) is 16.3. The Morgan fingerprint density at radius 2 is 1.20 bits per heavy atom. The zero-order valence-electron chi connectivity index (χ0n) is 15.2. The normalized spacial score (nSPS) is 13.6. The van der Waals surface area contributed by atoms with Crippen LogP contribution in [-0.4, -0.2) is 11.1 Å². The van der Waals surface area contributed by atoms with Crippen LogP contribution in [0, 0.1) is 0 Å². The van der Waals surface area contributed by atoms with Crippen molar-refractivity contribution in [3.05, 3.63) is 48.5 Å². The first-order valence-electron chi connectivity index (χ1n) is 9.70. The Morgan fingerprint density at radius 3 is 1.76 bits per heavy atom. The lowest BCUT2D eigenvalue weighted by Crippen LogP contribution is -2.26. The Kier molecular flexibility index (Phi) is 6.83. The molecule has 0 saturated carbocycles. The van der Waals surface area contributed by atoms with Gasteiger partial charge in [0.25, 0.3) is 0 Å². The molecule has 134 valence electrons. The fourth-order valence-corrected chi connectivity index (χ4v) is 4.94. The molecule has 0 aliphatic carbocycles. The summed E-state index contributed by atoms with van der Waals surface area (Å²) >= 11 is -1.07. The molecule has 2 aromatic rings. The van der Waals surface area contributed by atoms with E-state index in [-0.39, 0.29) is 0 Å². The molecular formula is C22H29NOS. The fourth-order valence-electron chi connectivity index (χ4n) is 3.57. The third kappa shape index (κ3) is 4.39. The van der Waals surface area contributed by atoms with Crippen molar-refractivity contribution in [3.63, 3.8) is 0 Å². The average molecular weight is 356 g/mol. The van der Waals surface area contributed by atoms with Gasteiger partial charge in [-0.3, -0.25) is 0 Å². The van der Waals surface area contributed by atoms with Crippen LogP contribution in [0.5, 0.6) is 0 Å². The fraction of sp³-hybridized carbons (Fsp3) is 0.455. The molecule has 25 heavy (non-hydrogen) atoms. The number of rotatable bonds is 9. The first kappa shape index (κ1) is 18.3. The van der Waals surface area contributed by atoms with Gasteiger partial charge in [-0.2, -0.15) is 0 Å². The second-order valence-corrected chi connectivity index (χ2v) is 8.25. The predicted molar refractivity (Wildman–Crippen MR) is 107 cm³/mol. The lowest BCUT2D eigenvalue weighted by molar-refractivity contribution is 0.574. The quantitative estimate of drug-likeness (QED) is 0.382. The van der Waals surface area contributed by atoms with E-state index in [4.69, 9.17) is 0 Å². The summed E-state index contributed by atoms with van der Waals surface area (Å²) in [5.41, 5.74) is 2.23. The van der Waals surface area contributed by atoms with E-state index in [9.17, 15) is 4.55 Å². The van der Waals surface area contributed by atoms with E-state index in [1.807, 2.05) is 36.4 Å². The molecule has 0 aromatic heterocycles. The van der Waals surface area contributed by atoms with Crippen LogP contribution in [0.25, 0.3) is 0 Å². The van der Waals surface area contributed by atoms with Crippen LogP contribution in [-0.2, 0) is 11.2 Å². The third-order valence-electron chi connectivity index (χ3n) is 4.95. The van der Waals surface area contributed by atoms with Crippen LogP contribution >= 0.6 is 0 Å². The van der Waals surface area contributed by atoms with Crippen LogP contribution in [0.3, 0.4) is 0 Å². The molecule has 0 radical (unpaired) electrons. The molecule has 3 heteroatoms. The summed E-state index contributed by atoms with van der Waals surface area (Å²) in [4.78, 5) is 4.25. The molecule has 0 atom stereocenters. The SMILES string of the molecule is CCCCCCCCCCN1c2ccccc2[S+]([O-])c2ccccc21. The van der Waals surface area contributed by atoms with Gasteiger partial charge in [0.1, 0.15) is 0 Å². The Labute approximate surface area is 155 Å². The van der Waals surface area contributed by atoms with Crippen molar-refractivity contribution in [2.45, 2.75) is 68.1 Å². The molecule has 0 bridgehead atoms. The molecular weight excluding hydrogens is 326 g/mol. The van der Waals surface area contributed by atoms with Crippen LogP contribution in [0.4, 0.5) is 11.4 Å². The molecule has 0 amide bonds. The number of anilines is 2. The van der Waals surface area contributed by atoms with Crippen LogP contribution in [0.15, 0.2) is 58.3 Å². The maximum Gasteiger partial charge on any atom is 0.182 e. The molecule has 0 spiro atoms. The van der Waals surface area contributed by atoms with Gasteiger partial charge in [-0.15, -0.1) is 0 Å². The lowest BCUT2D eigenvalue weighted by atomic mass is 10.1. The van der Waals surface area contributed by atoms with Gasteiger partial charge in [0.2, 0.25) is 0 Å². The van der Waals surface area contributed by atoms with E-state index in [0.29, 0.717) is 0 Å². The van der Waals surface area contributed by atoms with E-state index in [0.717, 1.165) is 27.7 Å². The Hall–Kier alpha value is -1.45. The first-order chi connectivity index (χ1) is 12.3. The Balaban J connectivity index is 1.61. The minimum absolute atomic E-state index is 0.945. The summed E-state index contributed by atoms with van der Waals surface area (Å²) in [5, 5.41) is 0. The highest BCUT2D eigenvalue weighted by molar-refractivity contribution is 7.92. The van der Waals surface area contributed by atoms with E-state index >= 15 is 0 Å². The van der Waals surface area contributed by atoms with Crippen molar-refractivity contribution in [3.8, 4) is 0 Å². The van der Waals surface area contributed by atoms with Crippen molar-refractivity contribution in [1.82, 2.24) is 0 Å². The summed E-state index contributed by atoms with van der Waals surface area (Å²) < 4.78 is 12.8. The zero-order chi connectivity index (χ0) is 17.5. The molecule has 3 rings (SSSR count). The van der Waals surface area contributed by atoms with Crippen molar-refractivity contribution < 1.29 is 4.55 Å². The molecule has 0 saturated heterocycles. The van der Waals surface area contributed by atoms with E-state index < -0.39 is 11.2 Å². The number of benzene rings is 2. The van der Waals surface area contributed by atoms with Gasteiger partial charge in [0.05, 0.1) is 11.4 Å². The molecule has 2 nitrogen and oxygen atoms in total. The topological polar surface area (TPSA) is 26.3 Å². The highest BCUT2D eigenvalue weighted by Crippen LogP contribution is 2.43. The summed E-state index contributed by atoms with van der Waals surface area (Å²) in [5.74, 6) is 0. The molecule has 1 heterocycles. The van der Waals surface area contributed by atoms with E-state index in [1.165, 1.54) is 51.4 Å². The van der Waals surface area contributed by atoms with Gasteiger partial charge in [0, 0.05) is 17.7 Å². The lowest BCUT2D eigenvalue weighted by Gasteiger charge is -2.32. The standard InChI is InChI=1S/C22H29NOS/c1-2-3-4-5-6-7-8-13-18-23-19-14-9-11-16-21(19)25(24)22-17-12-10-15-20(22)23/h9-12,14-17H,2-8,13,18H2,1H3. The van der Waals surface area contributed by atoms with E-state index in [2.05, 4.69) is 24.0 Å². The minimum Gasteiger partial charge on any atom is -0.606 e. The monoisotopic (exact) mass is 355 g/mol. The highest BCUT2D eigenvalue weighted by Gasteiger charge is 2.32. The highest BCUT2D eigenvalue weighted by atomic mass is 32.2. The number of hydrogen-bond donors (Lipinski definition) is 0. The second kappa shape index (κ2) is 9.30. The summed E-state index contributed by atoms with van der Waals surface area (Å²) in [6.07, 6.45) is 10.6. The molecule has 1 aliphatic rings. The van der Waals surface area contributed by atoms with Gasteiger partial charge < -0.3 is 9.45 Å². The van der Waals surface area contributed by atoms with Gasteiger partial charge in [0.15, 0.2) is 9.79 Å². The number of nitrogens with zero attached hydrogens (tertiary/aromatic N) is 1. The van der Waals surface area contributed by atoms with Crippen LogP contribution in [0.2, 0.25) is 0 Å². The van der Waals surface area contributed by atoms with Crippen molar-refractivity contribution in [2.24, 2.45) is 0 Å². The zero-order valence-corrected chi connectivity index (χ0v) is 16.1. The Bertz CT molecular complexity index is 625. The van der Waals surface area contributed by atoms with Gasteiger partial charge in [-0.1, -0.05) is 76.1 Å². The molecule has 2 aromatic carbocycles. The molecule has 1 aliphatic heterocycles. The van der Waals surface area contributed by atoms with Gasteiger partial charge in [-0.25, -0.2) is 0 Å². The summed E-state index contributed by atoms with van der Waals surface area (Å²) in [7, 11) is 0. The number of unbranched alkanes of at least 4 members (excludes halogenated alkanes) is 7. The van der Waals surface area contributed by atoms with Crippen molar-refractivity contribution in [1.29, 1.82) is 0 Å². The van der Waals surface area contributed by atoms with Crippen molar-refractivity contribution >= 4 is 22.6 Å². The Morgan fingerprint density at radius 1 is 0.720 bits per heavy atom. The van der Waals surface area contributed by atoms with E-state index in [1.54, 1.807) is 0 Å². The largest absolute Gasteiger partial charge is 0.606 e. The number of fused-ring (bicyclic) bond motifs is 2. The van der Waals surface area contributed by atoms with Gasteiger partial charge in [-0.05, 0) is 30.7 Å². The summed E-state index contributed by atoms with van der Waals surface area (Å²) in [6.45, 7) is 3.27. The molecule has 0 N–H and O–H groups in total. The van der Waals surface area contributed by atoms with Crippen molar-refractivity contribution in [2.75, 3.05) is 11.4 Å². The molecule has 0 unspecified atom stereocenters. The third-order valence-corrected chi connectivity index (χ3v) is 6.44. The molecule has 0 fully saturated rings. The number of para-hydroxylation sites is 2. The first-order valence-corrected chi connectivity index (χ1v) is 10.8. The minimum atomic E-state index is -1.07. The van der Waals surface area contributed by atoms with Crippen LogP contribution < -0.4 is 4.90 Å². The second-order valence-electron chi connectivity index (χ2n) is 6.83. The smallest absolute Gasteiger partial charge is 0.182 e. The van der Waals surface area contributed by atoms with Gasteiger partial charge >= 0.3 is 0 Å². The maximum absolute atomic E-state index is 12.8.